The Morgan fingerprint density at radius 3 is 2.67 bits per heavy atom. The van der Waals surface area contributed by atoms with E-state index in [0.29, 0.717) is 29.8 Å². The van der Waals surface area contributed by atoms with Gasteiger partial charge in [-0.05, 0) is 45.3 Å². The molecule has 9 heteroatoms. The smallest absolute Gasteiger partial charge is 0.230 e. The summed E-state index contributed by atoms with van der Waals surface area (Å²) in [5.74, 6) is 2.34. The molecule has 0 fully saturated rings. The lowest BCUT2D eigenvalue weighted by Crippen LogP contribution is -2.35. The van der Waals surface area contributed by atoms with Gasteiger partial charge in [-0.1, -0.05) is 11.8 Å². The van der Waals surface area contributed by atoms with Gasteiger partial charge >= 0.3 is 0 Å². The van der Waals surface area contributed by atoms with Crippen molar-refractivity contribution in [2.45, 2.75) is 24.7 Å². The SMILES string of the molecule is CCn1c(SCC(=O)NCC(c2ccco2)N(C)C)nnc1-c1ccco1. The van der Waals surface area contributed by atoms with E-state index in [0.717, 1.165) is 5.76 Å². The zero-order valence-corrected chi connectivity index (χ0v) is 16.4. The van der Waals surface area contributed by atoms with Gasteiger partial charge in [-0.15, -0.1) is 10.2 Å². The molecule has 27 heavy (non-hydrogen) atoms. The molecule has 0 saturated carbocycles. The van der Waals surface area contributed by atoms with Crippen LogP contribution in [0.5, 0.6) is 0 Å². The van der Waals surface area contributed by atoms with E-state index in [-0.39, 0.29) is 17.7 Å². The molecule has 0 aliphatic carbocycles. The van der Waals surface area contributed by atoms with Crippen molar-refractivity contribution in [3.8, 4) is 11.6 Å². The molecule has 3 aromatic heterocycles. The summed E-state index contributed by atoms with van der Waals surface area (Å²) in [7, 11) is 3.90. The fourth-order valence-corrected chi connectivity index (χ4v) is 3.51. The maximum atomic E-state index is 12.3. The van der Waals surface area contributed by atoms with Crippen LogP contribution in [0.4, 0.5) is 0 Å². The van der Waals surface area contributed by atoms with Gasteiger partial charge in [0.2, 0.25) is 5.91 Å². The summed E-state index contributed by atoms with van der Waals surface area (Å²) in [5, 5.41) is 12.0. The molecular weight excluding hydrogens is 366 g/mol. The first-order valence-electron chi connectivity index (χ1n) is 8.66. The van der Waals surface area contributed by atoms with Gasteiger partial charge in [-0.2, -0.15) is 0 Å². The quantitative estimate of drug-likeness (QED) is 0.563. The van der Waals surface area contributed by atoms with Crippen molar-refractivity contribution in [3.63, 3.8) is 0 Å². The molecule has 0 spiro atoms. The van der Waals surface area contributed by atoms with E-state index >= 15 is 0 Å². The van der Waals surface area contributed by atoms with Crippen LogP contribution in [0.1, 0.15) is 18.7 Å². The summed E-state index contributed by atoms with van der Waals surface area (Å²) in [5.41, 5.74) is 0. The van der Waals surface area contributed by atoms with Gasteiger partial charge < -0.3 is 14.2 Å². The van der Waals surface area contributed by atoms with E-state index in [4.69, 9.17) is 8.83 Å². The number of hydrogen-bond donors (Lipinski definition) is 1. The Kier molecular flexibility index (Phi) is 6.36. The fraction of sp³-hybridized carbons (Fsp3) is 0.389. The standard InChI is InChI=1S/C18H23N5O3S/c1-4-23-17(15-8-6-10-26-15)20-21-18(23)27-12-16(24)19-11-13(22(2)3)14-7-5-9-25-14/h5-10,13H,4,11-12H2,1-3H3,(H,19,24). The first-order valence-corrected chi connectivity index (χ1v) is 9.65. The molecule has 8 nitrogen and oxygen atoms in total. The Labute approximate surface area is 161 Å². The molecule has 1 atom stereocenters. The predicted molar refractivity (Wildman–Crippen MR) is 102 cm³/mol. The number of furan rings is 2. The van der Waals surface area contributed by atoms with Crippen molar-refractivity contribution in [2.24, 2.45) is 0 Å². The highest BCUT2D eigenvalue weighted by molar-refractivity contribution is 7.99. The number of hydrogen-bond acceptors (Lipinski definition) is 7. The lowest BCUT2D eigenvalue weighted by molar-refractivity contribution is -0.118. The van der Waals surface area contributed by atoms with Crippen molar-refractivity contribution in [3.05, 3.63) is 42.6 Å². The minimum Gasteiger partial charge on any atom is -0.468 e. The van der Waals surface area contributed by atoms with Crippen LogP contribution in [0.2, 0.25) is 0 Å². The van der Waals surface area contributed by atoms with Crippen molar-refractivity contribution in [1.82, 2.24) is 25.0 Å². The highest BCUT2D eigenvalue weighted by Crippen LogP contribution is 2.24. The maximum absolute atomic E-state index is 12.3. The molecule has 1 N–H and O–H groups in total. The molecule has 144 valence electrons. The molecule has 0 saturated heterocycles. The zero-order chi connectivity index (χ0) is 19.2. The molecule has 0 aliphatic rings. The van der Waals surface area contributed by atoms with Crippen LogP contribution in [-0.4, -0.2) is 52.0 Å². The molecule has 0 bridgehead atoms. The molecule has 1 unspecified atom stereocenters. The number of amides is 1. The largest absolute Gasteiger partial charge is 0.468 e. The molecule has 0 aromatic carbocycles. The highest BCUT2D eigenvalue weighted by Gasteiger charge is 2.19. The minimum atomic E-state index is -0.0661. The topological polar surface area (TPSA) is 89.3 Å². The molecule has 0 aliphatic heterocycles. The van der Waals surface area contributed by atoms with Gasteiger partial charge in [0.05, 0.1) is 24.3 Å². The predicted octanol–water partition coefficient (Wildman–Crippen LogP) is 2.66. The third kappa shape index (κ3) is 4.61. The Morgan fingerprint density at radius 1 is 1.26 bits per heavy atom. The maximum Gasteiger partial charge on any atom is 0.230 e. The number of likely N-dealkylation sites (N-methyl/N-ethyl adjacent to an activating group) is 1. The Morgan fingerprint density at radius 2 is 2.04 bits per heavy atom. The van der Waals surface area contributed by atoms with Crippen LogP contribution in [0, 0.1) is 0 Å². The van der Waals surface area contributed by atoms with Crippen LogP contribution < -0.4 is 5.32 Å². The summed E-state index contributed by atoms with van der Waals surface area (Å²) in [6.45, 7) is 3.16. The van der Waals surface area contributed by atoms with E-state index in [1.807, 2.05) is 54.8 Å². The lowest BCUT2D eigenvalue weighted by atomic mass is 10.2. The van der Waals surface area contributed by atoms with Crippen molar-refractivity contribution >= 4 is 17.7 Å². The number of carbonyl (C=O) groups excluding carboxylic acids is 1. The van der Waals surface area contributed by atoms with Crippen molar-refractivity contribution in [2.75, 3.05) is 26.4 Å². The second-order valence-electron chi connectivity index (χ2n) is 6.12. The lowest BCUT2D eigenvalue weighted by Gasteiger charge is -2.22. The van der Waals surface area contributed by atoms with Crippen molar-refractivity contribution in [1.29, 1.82) is 0 Å². The molecule has 3 aromatic rings. The first-order chi connectivity index (χ1) is 13.1. The molecular formula is C18H23N5O3S. The fourth-order valence-electron chi connectivity index (χ4n) is 2.68. The molecule has 3 rings (SSSR count). The van der Waals surface area contributed by atoms with Gasteiger partial charge in [-0.3, -0.25) is 14.3 Å². The van der Waals surface area contributed by atoms with Crippen molar-refractivity contribution < 1.29 is 13.6 Å². The average Bonchev–Trinajstić information content (AvgIpc) is 3.39. The number of nitrogens with one attached hydrogen (secondary N) is 1. The van der Waals surface area contributed by atoms with Gasteiger partial charge in [0, 0.05) is 13.1 Å². The third-order valence-corrected chi connectivity index (χ3v) is 5.06. The van der Waals surface area contributed by atoms with Gasteiger partial charge in [0.1, 0.15) is 5.76 Å². The molecule has 3 heterocycles. The second-order valence-corrected chi connectivity index (χ2v) is 7.06. The van der Waals surface area contributed by atoms with E-state index in [1.165, 1.54) is 11.8 Å². The number of rotatable bonds is 9. The first kappa shape index (κ1) is 19.2. The zero-order valence-electron chi connectivity index (χ0n) is 15.6. The molecule has 1 amide bonds. The van der Waals surface area contributed by atoms with E-state index < -0.39 is 0 Å². The van der Waals surface area contributed by atoms with Gasteiger partial charge in [0.25, 0.3) is 0 Å². The average molecular weight is 389 g/mol. The van der Waals surface area contributed by atoms with E-state index in [9.17, 15) is 4.79 Å². The van der Waals surface area contributed by atoms with Crippen LogP contribution in [0.3, 0.4) is 0 Å². The summed E-state index contributed by atoms with van der Waals surface area (Å²) < 4.78 is 12.8. The van der Waals surface area contributed by atoms with E-state index in [2.05, 4.69) is 15.5 Å². The number of nitrogens with zero attached hydrogens (tertiary/aromatic N) is 4. The normalized spacial score (nSPS) is 12.4. The van der Waals surface area contributed by atoms with Crippen LogP contribution in [0.15, 0.2) is 50.8 Å². The third-order valence-electron chi connectivity index (χ3n) is 4.09. The number of carbonyl (C=O) groups is 1. The van der Waals surface area contributed by atoms with E-state index in [1.54, 1.807) is 12.5 Å². The molecule has 0 radical (unpaired) electrons. The Bertz CT molecular complexity index is 843. The summed E-state index contributed by atoms with van der Waals surface area (Å²) in [6, 6.07) is 7.39. The Balaban J connectivity index is 1.56. The Hall–Kier alpha value is -2.52. The van der Waals surface area contributed by atoms with Crippen LogP contribution in [0.25, 0.3) is 11.6 Å². The second kappa shape index (κ2) is 8.92. The summed E-state index contributed by atoms with van der Waals surface area (Å²) in [4.78, 5) is 14.3. The van der Waals surface area contributed by atoms with Gasteiger partial charge in [0.15, 0.2) is 16.7 Å². The van der Waals surface area contributed by atoms with Crippen LogP contribution >= 0.6 is 11.8 Å². The highest BCUT2D eigenvalue weighted by atomic mass is 32.2. The van der Waals surface area contributed by atoms with Crippen LogP contribution in [-0.2, 0) is 11.3 Å². The van der Waals surface area contributed by atoms with Gasteiger partial charge in [-0.25, -0.2) is 0 Å². The monoisotopic (exact) mass is 389 g/mol. The summed E-state index contributed by atoms with van der Waals surface area (Å²) in [6.07, 6.45) is 3.24. The number of thioether (sulfide) groups is 1. The number of aromatic nitrogens is 3. The summed E-state index contributed by atoms with van der Waals surface area (Å²) >= 11 is 1.35. The minimum absolute atomic E-state index is 0.0150.